The van der Waals surface area contributed by atoms with Crippen LogP contribution in [0.1, 0.15) is 31.1 Å². The lowest BCUT2D eigenvalue weighted by Gasteiger charge is -2.17. The van der Waals surface area contributed by atoms with Crippen molar-refractivity contribution in [1.29, 1.82) is 0 Å². The third kappa shape index (κ3) is 3.86. The van der Waals surface area contributed by atoms with Gasteiger partial charge < -0.3 is 9.47 Å². The SMILES string of the molecule is COc1ccccc1C1OC1(Cn1ncnc1SC(C)C)c1cc(F)cc(F)c1. The molecule has 0 aliphatic carbocycles. The number of halogens is 2. The average Bonchev–Trinajstić information content (AvgIpc) is 3.25. The normalized spacial score (nSPS) is 20.8. The molecule has 0 spiro atoms. The summed E-state index contributed by atoms with van der Waals surface area (Å²) in [6, 6.07) is 11.0. The standard InChI is InChI=1S/C21H21F2N3O2S/c1-13(2)29-20-24-12-25-26(20)11-21(14-8-15(22)10-16(23)9-14)19(28-21)17-6-4-5-7-18(17)27-3/h4-10,12-13,19H,11H2,1-3H3. The predicted molar refractivity (Wildman–Crippen MR) is 106 cm³/mol. The smallest absolute Gasteiger partial charge is 0.186 e. The van der Waals surface area contributed by atoms with Crippen LogP contribution in [0.15, 0.2) is 53.9 Å². The van der Waals surface area contributed by atoms with Gasteiger partial charge in [0.05, 0.1) is 13.7 Å². The number of ether oxygens (including phenoxy) is 2. The molecule has 4 rings (SSSR count). The van der Waals surface area contributed by atoms with Crippen LogP contribution in [0.25, 0.3) is 0 Å². The van der Waals surface area contributed by atoms with Gasteiger partial charge in [0.1, 0.15) is 35.4 Å². The fourth-order valence-electron chi connectivity index (χ4n) is 3.49. The zero-order chi connectivity index (χ0) is 20.6. The molecule has 1 fully saturated rings. The first-order valence-electron chi connectivity index (χ1n) is 9.24. The molecule has 0 saturated carbocycles. The van der Waals surface area contributed by atoms with E-state index < -0.39 is 23.3 Å². The minimum Gasteiger partial charge on any atom is -0.496 e. The molecule has 29 heavy (non-hydrogen) atoms. The Labute approximate surface area is 172 Å². The highest BCUT2D eigenvalue weighted by Crippen LogP contribution is 2.60. The van der Waals surface area contributed by atoms with Crippen molar-refractivity contribution < 1.29 is 18.3 Å². The number of rotatable bonds is 7. The quantitative estimate of drug-likeness (QED) is 0.411. The van der Waals surface area contributed by atoms with Crippen LogP contribution in [0.5, 0.6) is 5.75 Å². The molecule has 1 saturated heterocycles. The third-order valence-corrected chi connectivity index (χ3v) is 5.77. The topological polar surface area (TPSA) is 52.5 Å². The fraction of sp³-hybridized carbons (Fsp3) is 0.333. The molecule has 1 aliphatic heterocycles. The van der Waals surface area contributed by atoms with E-state index in [2.05, 4.69) is 23.9 Å². The lowest BCUT2D eigenvalue weighted by molar-refractivity contribution is 0.254. The van der Waals surface area contributed by atoms with Crippen LogP contribution in [-0.2, 0) is 16.9 Å². The number of thioether (sulfide) groups is 1. The molecule has 152 valence electrons. The molecule has 3 aromatic rings. The Morgan fingerprint density at radius 1 is 1.21 bits per heavy atom. The maximum Gasteiger partial charge on any atom is 0.186 e. The highest BCUT2D eigenvalue weighted by atomic mass is 32.2. The highest BCUT2D eigenvalue weighted by molar-refractivity contribution is 7.99. The van der Waals surface area contributed by atoms with Gasteiger partial charge in [0.2, 0.25) is 0 Å². The van der Waals surface area contributed by atoms with Crippen LogP contribution in [0, 0.1) is 11.6 Å². The Morgan fingerprint density at radius 2 is 1.93 bits per heavy atom. The Bertz CT molecular complexity index is 1010. The van der Waals surface area contributed by atoms with Crippen molar-refractivity contribution in [2.75, 3.05) is 7.11 Å². The molecule has 0 N–H and O–H groups in total. The van der Waals surface area contributed by atoms with Gasteiger partial charge in [-0.05, 0) is 23.8 Å². The van der Waals surface area contributed by atoms with Gasteiger partial charge in [-0.3, -0.25) is 0 Å². The first-order chi connectivity index (χ1) is 13.9. The van der Waals surface area contributed by atoms with E-state index in [-0.39, 0.29) is 6.54 Å². The average molecular weight is 417 g/mol. The maximum atomic E-state index is 14.0. The lowest BCUT2D eigenvalue weighted by Crippen LogP contribution is -2.21. The van der Waals surface area contributed by atoms with Gasteiger partial charge in [-0.15, -0.1) is 0 Å². The zero-order valence-corrected chi connectivity index (χ0v) is 17.1. The summed E-state index contributed by atoms with van der Waals surface area (Å²) in [4.78, 5) is 4.31. The van der Waals surface area contributed by atoms with Gasteiger partial charge in [-0.2, -0.15) is 5.10 Å². The Morgan fingerprint density at radius 3 is 2.62 bits per heavy atom. The minimum absolute atomic E-state index is 0.271. The molecule has 5 nitrogen and oxygen atoms in total. The van der Waals surface area contributed by atoms with Crippen molar-refractivity contribution in [1.82, 2.24) is 14.8 Å². The molecule has 1 aliphatic rings. The van der Waals surface area contributed by atoms with Gasteiger partial charge in [-0.25, -0.2) is 18.4 Å². The summed E-state index contributed by atoms with van der Waals surface area (Å²) in [6.07, 6.45) is 1.05. The molecular formula is C21H21F2N3O2S. The number of hydrogen-bond donors (Lipinski definition) is 0. The van der Waals surface area contributed by atoms with Gasteiger partial charge in [-0.1, -0.05) is 43.8 Å². The largest absolute Gasteiger partial charge is 0.496 e. The summed E-state index contributed by atoms with van der Waals surface area (Å²) in [5, 5.41) is 5.36. The van der Waals surface area contributed by atoms with Crippen molar-refractivity contribution in [2.45, 2.75) is 42.5 Å². The predicted octanol–water partition coefficient (Wildman–Crippen LogP) is 4.73. The first-order valence-corrected chi connectivity index (χ1v) is 10.1. The van der Waals surface area contributed by atoms with E-state index in [0.717, 1.165) is 16.8 Å². The molecule has 2 heterocycles. The molecule has 1 aromatic heterocycles. The Balaban J connectivity index is 1.77. The number of epoxide rings is 1. The van der Waals surface area contributed by atoms with Gasteiger partial charge in [0.25, 0.3) is 0 Å². The van der Waals surface area contributed by atoms with Crippen molar-refractivity contribution in [3.05, 3.63) is 71.6 Å². The molecule has 0 amide bonds. The molecule has 2 atom stereocenters. The van der Waals surface area contributed by atoms with Crippen LogP contribution in [-0.4, -0.2) is 27.1 Å². The van der Waals surface area contributed by atoms with Crippen molar-refractivity contribution >= 4 is 11.8 Å². The Hall–Kier alpha value is -2.45. The van der Waals surface area contributed by atoms with Gasteiger partial charge in [0, 0.05) is 16.9 Å². The van der Waals surface area contributed by atoms with Crippen molar-refractivity contribution in [3.63, 3.8) is 0 Å². The van der Waals surface area contributed by atoms with E-state index in [4.69, 9.17) is 9.47 Å². The second-order valence-corrected chi connectivity index (χ2v) is 8.70. The molecular weight excluding hydrogens is 396 g/mol. The lowest BCUT2D eigenvalue weighted by atomic mass is 9.91. The van der Waals surface area contributed by atoms with Gasteiger partial charge in [0.15, 0.2) is 5.16 Å². The van der Waals surface area contributed by atoms with Crippen LogP contribution in [0.4, 0.5) is 8.78 Å². The maximum absolute atomic E-state index is 14.0. The van der Waals surface area contributed by atoms with E-state index in [9.17, 15) is 8.78 Å². The second kappa shape index (κ2) is 7.76. The van der Waals surface area contributed by atoms with Crippen LogP contribution in [0.2, 0.25) is 0 Å². The monoisotopic (exact) mass is 417 g/mol. The number of nitrogens with zero attached hydrogens (tertiary/aromatic N) is 3. The van der Waals surface area contributed by atoms with E-state index in [0.29, 0.717) is 16.6 Å². The summed E-state index contributed by atoms with van der Waals surface area (Å²) in [7, 11) is 1.58. The number of aromatic nitrogens is 3. The minimum atomic E-state index is -0.975. The van der Waals surface area contributed by atoms with Crippen LogP contribution >= 0.6 is 11.8 Å². The fourth-order valence-corrected chi connectivity index (χ4v) is 4.25. The van der Waals surface area contributed by atoms with Crippen molar-refractivity contribution in [3.8, 4) is 5.75 Å². The number of methoxy groups -OCH3 is 1. The summed E-state index contributed by atoms with van der Waals surface area (Å²) >= 11 is 1.57. The van der Waals surface area contributed by atoms with Crippen LogP contribution < -0.4 is 4.74 Å². The summed E-state index contributed by atoms with van der Waals surface area (Å²) < 4.78 is 41.4. The summed E-state index contributed by atoms with van der Waals surface area (Å²) in [6.45, 7) is 4.40. The van der Waals surface area contributed by atoms with E-state index in [1.54, 1.807) is 23.6 Å². The summed E-state index contributed by atoms with van der Waals surface area (Å²) in [5.41, 5.74) is 0.261. The number of para-hydroxylation sites is 1. The number of benzene rings is 2. The molecule has 2 unspecified atom stereocenters. The summed E-state index contributed by atoms with van der Waals surface area (Å²) in [5.74, 6) is -0.639. The van der Waals surface area contributed by atoms with Crippen molar-refractivity contribution in [2.24, 2.45) is 0 Å². The zero-order valence-electron chi connectivity index (χ0n) is 16.3. The van der Waals surface area contributed by atoms with E-state index in [1.807, 2.05) is 24.3 Å². The highest BCUT2D eigenvalue weighted by Gasteiger charge is 2.60. The molecule has 0 radical (unpaired) electrons. The van der Waals surface area contributed by atoms with E-state index >= 15 is 0 Å². The molecule has 8 heteroatoms. The second-order valence-electron chi connectivity index (χ2n) is 7.15. The molecule has 2 aromatic carbocycles. The Kier molecular flexibility index (Phi) is 5.31. The first kappa shape index (κ1) is 19.8. The number of hydrogen-bond acceptors (Lipinski definition) is 5. The third-order valence-electron chi connectivity index (χ3n) is 4.77. The van der Waals surface area contributed by atoms with Crippen LogP contribution in [0.3, 0.4) is 0 Å². The van der Waals surface area contributed by atoms with E-state index in [1.165, 1.54) is 18.5 Å². The van der Waals surface area contributed by atoms with Gasteiger partial charge >= 0.3 is 0 Å². The molecule has 0 bridgehead atoms.